The molecule has 0 spiro atoms. The number of benzene rings is 2. The van der Waals surface area contributed by atoms with E-state index >= 15 is 0 Å². The van der Waals surface area contributed by atoms with Gasteiger partial charge >= 0.3 is 6.09 Å². The van der Waals surface area contributed by atoms with Crippen LogP contribution in [0, 0.1) is 11.8 Å². The maximum Gasteiger partial charge on any atom is 0.411 e. The molecule has 0 saturated heterocycles. The van der Waals surface area contributed by atoms with E-state index in [1.807, 2.05) is 12.1 Å². The van der Waals surface area contributed by atoms with E-state index in [0.29, 0.717) is 11.4 Å². The Labute approximate surface area is 175 Å². The molecule has 30 heavy (non-hydrogen) atoms. The number of hydrogen-bond acceptors (Lipinski definition) is 5. The van der Waals surface area contributed by atoms with Gasteiger partial charge in [-0.25, -0.2) is 4.79 Å². The quantitative estimate of drug-likeness (QED) is 0.613. The van der Waals surface area contributed by atoms with E-state index < -0.39 is 6.09 Å². The minimum absolute atomic E-state index is 0.508. The van der Waals surface area contributed by atoms with Crippen LogP contribution >= 0.6 is 0 Å². The lowest BCUT2D eigenvalue weighted by Crippen LogP contribution is -2.21. The number of fused-ring (bicyclic) bond motifs is 7. The molecule has 6 heteroatoms. The molecule has 2 atom stereocenters. The molecule has 6 nitrogen and oxygen atoms in total. The number of nitrogens with one attached hydrogen (secondary N) is 1. The van der Waals surface area contributed by atoms with Gasteiger partial charge in [0.05, 0.1) is 38.7 Å². The molecule has 3 aromatic rings. The number of aromatic nitrogens is 1. The van der Waals surface area contributed by atoms with E-state index in [9.17, 15) is 4.79 Å². The van der Waals surface area contributed by atoms with Crippen LogP contribution in [-0.2, 0) is 17.6 Å². The van der Waals surface area contributed by atoms with E-state index in [1.54, 1.807) is 20.4 Å². The zero-order chi connectivity index (χ0) is 20.8. The fourth-order valence-electron chi connectivity index (χ4n) is 5.43. The van der Waals surface area contributed by atoms with Crippen LogP contribution < -0.4 is 14.8 Å². The second-order valence-electron chi connectivity index (χ2n) is 8.31. The Morgan fingerprint density at radius 2 is 1.60 bits per heavy atom. The molecule has 1 fully saturated rings. The van der Waals surface area contributed by atoms with Gasteiger partial charge < -0.3 is 14.2 Å². The van der Waals surface area contributed by atoms with Crippen molar-refractivity contribution in [2.24, 2.45) is 11.8 Å². The minimum atomic E-state index is -0.508. The summed E-state index contributed by atoms with van der Waals surface area (Å²) in [4.78, 5) is 16.5. The summed E-state index contributed by atoms with van der Waals surface area (Å²) in [5.41, 5.74) is 4.37. The van der Waals surface area contributed by atoms with Crippen molar-refractivity contribution < 1.29 is 19.0 Å². The number of methoxy groups -OCH3 is 3. The molecule has 156 valence electrons. The van der Waals surface area contributed by atoms with Crippen molar-refractivity contribution in [3.05, 3.63) is 35.5 Å². The second kappa shape index (κ2) is 7.35. The highest BCUT2D eigenvalue weighted by Gasteiger charge is 2.34. The molecule has 2 aliphatic carbocycles. The van der Waals surface area contributed by atoms with Gasteiger partial charge in [-0.3, -0.25) is 10.3 Å². The highest BCUT2D eigenvalue weighted by molar-refractivity contribution is 6.11. The number of carbonyl (C=O) groups excluding carboxylic acids is 1. The van der Waals surface area contributed by atoms with E-state index in [-0.39, 0.29) is 0 Å². The standard InChI is InChI=1S/C24H26N2O4/c1-28-21-10-17-16-7-13-5-4-6-14(13)8-19(16)23-20(18(17)11-22(21)29-2)9-15(12-25-23)26-24(27)30-3/h9-14H,4-8H2,1-3H3,(H,26,27). The number of ether oxygens (including phenoxy) is 3. The predicted octanol–water partition coefficient (Wildman–Crippen LogP) is 5.10. The highest BCUT2D eigenvalue weighted by Crippen LogP contribution is 2.47. The van der Waals surface area contributed by atoms with Crippen LogP contribution in [0.3, 0.4) is 0 Å². The van der Waals surface area contributed by atoms with Crippen LogP contribution in [0.4, 0.5) is 10.5 Å². The van der Waals surface area contributed by atoms with Crippen LogP contribution in [0.5, 0.6) is 11.5 Å². The van der Waals surface area contributed by atoms with Crippen LogP contribution in [-0.4, -0.2) is 32.4 Å². The first kappa shape index (κ1) is 19.0. The first-order chi connectivity index (χ1) is 14.6. The zero-order valence-corrected chi connectivity index (χ0v) is 17.6. The topological polar surface area (TPSA) is 69.7 Å². The van der Waals surface area contributed by atoms with Crippen molar-refractivity contribution in [3.8, 4) is 11.5 Å². The summed E-state index contributed by atoms with van der Waals surface area (Å²) in [5, 5.41) is 6.01. The summed E-state index contributed by atoms with van der Waals surface area (Å²) in [7, 11) is 4.67. The third kappa shape index (κ3) is 2.93. The fraction of sp³-hybridized carbons (Fsp3) is 0.417. The van der Waals surface area contributed by atoms with Crippen molar-refractivity contribution in [3.63, 3.8) is 0 Å². The Hall–Kier alpha value is -3.02. The average molecular weight is 406 g/mol. The Morgan fingerprint density at radius 1 is 0.933 bits per heavy atom. The second-order valence-corrected chi connectivity index (χ2v) is 8.31. The van der Waals surface area contributed by atoms with Gasteiger partial charge in [0, 0.05) is 5.39 Å². The summed E-state index contributed by atoms with van der Waals surface area (Å²) < 4.78 is 15.9. The van der Waals surface area contributed by atoms with Crippen LogP contribution in [0.2, 0.25) is 0 Å². The van der Waals surface area contributed by atoms with Gasteiger partial charge in [-0.15, -0.1) is 0 Å². The average Bonchev–Trinajstić information content (AvgIpc) is 3.24. The van der Waals surface area contributed by atoms with Crippen molar-refractivity contribution in [2.75, 3.05) is 26.6 Å². The molecule has 1 aromatic heterocycles. The van der Waals surface area contributed by atoms with E-state index in [4.69, 9.17) is 19.2 Å². The summed E-state index contributed by atoms with van der Waals surface area (Å²) >= 11 is 0. The fourth-order valence-corrected chi connectivity index (χ4v) is 5.43. The zero-order valence-electron chi connectivity index (χ0n) is 17.6. The Bertz CT molecular complexity index is 1160. The largest absolute Gasteiger partial charge is 0.493 e. The Kier molecular flexibility index (Phi) is 4.65. The van der Waals surface area contributed by atoms with Gasteiger partial charge in [0.2, 0.25) is 0 Å². The molecule has 0 radical (unpaired) electrons. The molecular weight excluding hydrogens is 380 g/mol. The number of anilines is 1. The van der Waals surface area contributed by atoms with E-state index in [0.717, 1.165) is 46.7 Å². The smallest absolute Gasteiger partial charge is 0.411 e. The molecule has 0 bridgehead atoms. The lowest BCUT2D eigenvalue weighted by Gasteiger charge is -2.30. The van der Waals surface area contributed by atoms with E-state index in [2.05, 4.69) is 11.4 Å². The number of amides is 1. The van der Waals surface area contributed by atoms with Gasteiger partial charge in [-0.1, -0.05) is 6.42 Å². The summed E-state index contributed by atoms with van der Waals surface area (Å²) in [6, 6.07) is 6.11. The van der Waals surface area contributed by atoms with Gasteiger partial charge in [-0.05, 0) is 77.6 Å². The number of carbonyl (C=O) groups is 1. The summed E-state index contributed by atoms with van der Waals surface area (Å²) in [6.07, 6.45) is 7.29. The number of hydrogen-bond donors (Lipinski definition) is 1. The lowest BCUT2D eigenvalue weighted by molar-refractivity contribution is 0.187. The van der Waals surface area contributed by atoms with Crippen LogP contribution in [0.15, 0.2) is 24.4 Å². The molecule has 1 saturated carbocycles. The molecule has 2 unspecified atom stereocenters. The molecule has 2 aliphatic rings. The number of nitrogens with zero attached hydrogens (tertiary/aromatic N) is 1. The minimum Gasteiger partial charge on any atom is -0.493 e. The number of rotatable bonds is 3. The van der Waals surface area contributed by atoms with Crippen molar-refractivity contribution >= 4 is 33.5 Å². The van der Waals surface area contributed by atoms with Crippen molar-refractivity contribution in [2.45, 2.75) is 32.1 Å². The van der Waals surface area contributed by atoms with Crippen molar-refractivity contribution in [1.29, 1.82) is 0 Å². The lowest BCUT2D eigenvalue weighted by atomic mass is 9.75. The molecule has 0 aliphatic heterocycles. The molecule has 2 aromatic carbocycles. The highest BCUT2D eigenvalue weighted by atomic mass is 16.5. The normalized spacial score (nSPS) is 20.0. The first-order valence-electron chi connectivity index (χ1n) is 10.5. The summed E-state index contributed by atoms with van der Waals surface area (Å²) in [6.45, 7) is 0. The molecule has 1 amide bonds. The van der Waals surface area contributed by atoms with Gasteiger partial charge in [0.25, 0.3) is 0 Å². The SMILES string of the molecule is COC(=O)Nc1cnc2c3c(c4cc(OC)c(OC)cc4c2c1)CC1CCCC1C3. The van der Waals surface area contributed by atoms with Gasteiger partial charge in [0.15, 0.2) is 11.5 Å². The molecular formula is C24H26N2O4. The Balaban J connectivity index is 1.80. The third-order valence-corrected chi connectivity index (χ3v) is 6.86. The van der Waals surface area contributed by atoms with Crippen LogP contribution in [0.1, 0.15) is 30.4 Å². The summed E-state index contributed by atoms with van der Waals surface area (Å²) in [5.74, 6) is 2.92. The van der Waals surface area contributed by atoms with E-state index in [1.165, 1.54) is 42.9 Å². The van der Waals surface area contributed by atoms with Gasteiger partial charge in [0.1, 0.15) is 0 Å². The Morgan fingerprint density at radius 3 is 2.27 bits per heavy atom. The van der Waals surface area contributed by atoms with Crippen molar-refractivity contribution in [1.82, 2.24) is 4.98 Å². The maximum atomic E-state index is 11.7. The predicted molar refractivity (Wildman–Crippen MR) is 117 cm³/mol. The molecule has 5 rings (SSSR count). The third-order valence-electron chi connectivity index (χ3n) is 6.86. The molecule has 1 heterocycles. The van der Waals surface area contributed by atoms with Gasteiger partial charge in [-0.2, -0.15) is 0 Å². The number of pyridine rings is 1. The van der Waals surface area contributed by atoms with Crippen LogP contribution in [0.25, 0.3) is 21.7 Å². The molecule has 1 N–H and O–H groups in total. The first-order valence-corrected chi connectivity index (χ1v) is 10.5. The monoisotopic (exact) mass is 406 g/mol. The maximum absolute atomic E-state index is 11.7.